The first-order valence-electron chi connectivity index (χ1n) is 9.24. The Morgan fingerprint density at radius 3 is 2.61 bits per heavy atom. The van der Waals surface area contributed by atoms with E-state index in [1.807, 2.05) is 54.5 Å². The maximum absolute atomic E-state index is 13.0. The average molecular weight is 381 g/mol. The van der Waals surface area contributed by atoms with E-state index in [-0.39, 0.29) is 11.9 Å². The summed E-state index contributed by atoms with van der Waals surface area (Å²) in [4.78, 5) is 14.8. The van der Waals surface area contributed by atoms with E-state index in [0.29, 0.717) is 19.5 Å². The maximum Gasteiger partial charge on any atom is 0.246 e. The summed E-state index contributed by atoms with van der Waals surface area (Å²) in [6.45, 7) is 6.65. The fourth-order valence-electron chi connectivity index (χ4n) is 3.66. The number of hydrogen-bond donors (Lipinski definition) is 0. The number of carbonyl (C=O) groups excluding carboxylic acids is 1. The summed E-state index contributed by atoms with van der Waals surface area (Å²) in [5, 5.41) is 12.7. The Labute approximate surface area is 163 Å². The lowest BCUT2D eigenvalue weighted by molar-refractivity contribution is -0.137. The average Bonchev–Trinajstić information content (AvgIpc) is 3.24. The second kappa shape index (κ2) is 7.10. The first-order chi connectivity index (χ1) is 13.5. The van der Waals surface area contributed by atoms with E-state index in [4.69, 9.17) is 9.26 Å². The zero-order chi connectivity index (χ0) is 19.8. The quantitative estimate of drug-likeness (QED) is 0.675. The molecule has 0 bridgehead atoms. The summed E-state index contributed by atoms with van der Waals surface area (Å²) >= 11 is 0. The molecular weight excluding hydrogens is 358 g/mol. The minimum Gasteiger partial charge on any atom is -0.497 e. The van der Waals surface area contributed by atoms with Crippen molar-refractivity contribution >= 4 is 5.91 Å². The lowest BCUT2D eigenvalue weighted by Crippen LogP contribution is -2.41. The highest BCUT2D eigenvalue weighted by Crippen LogP contribution is 2.27. The summed E-state index contributed by atoms with van der Waals surface area (Å²) in [7, 11) is 1.64. The van der Waals surface area contributed by atoms with Crippen LogP contribution in [0.25, 0.3) is 0 Å². The fraction of sp³-hybridized carbons (Fsp3) is 0.400. The third-order valence-electron chi connectivity index (χ3n) is 5.27. The Kier molecular flexibility index (Phi) is 4.62. The molecule has 28 heavy (non-hydrogen) atoms. The molecule has 0 saturated heterocycles. The van der Waals surface area contributed by atoms with Crippen molar-refractivity contribution in [2.24, 2.45) is 0 Å². The molecule has 0 spiro atoms. The Balaban J connectivity index is 1.57. The molecule has 146 valence electrons. The van der Waals surface area contributed by atoms with Gasteiger partial charge in [-0.05, 0) is 38.5 Å². The largest absolute Gasteiger partial charge is 0.497 e. The number of rotatable bonds is 5. The third kappa shape index (κ3) is 3.15. The predicted molar refractivity (Wildman–Crippen MR) is 101 cm³/mol. The van der Waals surface area contributed by atoms with Gasteiger partial charge in [0.2, 0.25) is 5.91 Å². The Morgan fingerprint density at radius 1 is 1.21 bits per heavy atom. The monoisotopic (exact) mass is 381 g/mol. The summed E-state index contributed by atoms with van der Waals surface area (Å²) in [6, 6.07) is 7.39. The smallest absolute Gasteiger partial charge is 0.246 e. The molecule has 1 amide bonds. The van der Waals surface area contributed by atoms with Crippen molar-refractivity contribution < 1.29 is 14.1 Å². The molecule has 8 nitrogen and oxygen atoms in total. The van der Waals surface area contributed by atoms with Crippen molar-refractivity contribution in [3.63, 3.8) is 0 Å². The van der Waals surface area contributed by atoms with Crippen LogP contribution in [0, 0.1) is 13.8 Å². The second-order valence-corrected chi connectivity index (χ2v) is 7.10. The van der Waals surface area contributed by atoms with Crippen LogP contribution < -0.4 is 4.74 Å². The van der Waals surface area contributed by atoms with E-state index in [0.717, 1.165) is 40.0 Å². The number of ether oxygens (including phenoxy) is 1. The van der Waals surface area contributed by atoms with Gasteiger partial charge in [-0.3, -0.25) is 4.79 Å². The van der Waals surface area contributed by atoms with Crippen molar-refractivity contribution in [3.05, 3.63) is 58.5 Å². The van der Waals surface area contributed by atoms with E-state index in [9.17, 15) is 4.79 Å². The number of aromatic nitrogens is 4. The van der Waals surface area contributed by atoms with Crippen LogP contribution in [-0.2, 0) is 24.3 Å². The van der Waals surface area contributed by atoms with Gasteiger partial charge in [0.1, 0.15) is 23.4 Å². The van der Waals surface area contributed by atoms with Crippen LogP contribution >= 0.6 is 0 Å². The highest BCUT2D eigenvalue weighted by molar-refractivity contribution is 5.81. The van der Waals surface area contributed by atoms with Gasteiger partial charge >= 0.3 is 0 Å². The van der Waals surface area contributed by atoms with E-state index in [1.54, 1.807) is 7.11 Å². The van der Waals surface area contributed by atoms with Crippen LogP contribution in [0.5, 0.6) is 5.75 Å². The molecule has 1 atom stereocenters. The molecule has 1 aliphatic heterocycles. The second-order valence-electron chi connectivity index (χ2n) is 7.10. The van der Waals surface area contributed by atoms with Crippen LogP contribution in [0.4, 0.5) is 0 Å². The predicted octanol–water partition coefficient (Wildman–Crippen LogP) is 2.59. The summed E-state index contributed by atoms with van der Waals surface area (Å²) in [6.07, 6.45) is 0.546. The number of carbonyl (C=O) groups is 1. The van der Waals surface area contributed by atoms with Gasteiger partial charge in [0.05, 0.1) is 19.3 Å². The first kappa shape index (κ1) is 18.2. The lowest BCUT2D eigenvalue weighted by Gasteiger charge is -2.32. The number of nitrogens with zero attached hydrogens (tertiary/aromatic N) is 5. The Morgan fingerprint density at radius 2 is 1.96 bits per heavy atom. The Bertz CT molecular complexity index is 986. The van der Waals surface area contributed by atoms with Crippen LogP contribution in [-0.4, -0.2) is 37.8 Å². The minimum atomic E-state index is -0.354. The van der Waals surface area contributed by atoms with Gasteiger partial charge in [-0.15, -0.1) is 10.2 Å². The number of fused-ring (bicyclic) bond motifs is 1. The molecule has 8 heteroatoms. The number of methoxy groups -OCH3 is 1. The Hall–Kier alpha value is -3.16. The molecule has 3 heterocycles. The molecule has 0 N–H and O–H groups in total. The van der Waals surface area contributed by atoms with Gasteiger partial charge in [0.25, 0.3) is 0 Å². The maximum atomic E-state index is 13.0. The van der Waals surface area contributed by atoms with Gasteiger partial charge in [-0.1, -0.05) is 17.3 Å². The molecule has 0 radical (unpaired) electrons. The molecule has 3 aromatic rings. The van der Waals surface area contributed by atoms with E-state index in [2.05, 4.69) is 15.4 Å². The third-order valence-corrected chi connectivity index (χ3v) is 5.27. The van der Waals surface area contributed by atoms with Crippen molar-refractivity contribution in [2.45, 2.75) is 46.3 Å². The zero-order valence-corrected chi connectivity index (χ0v) is 16.5. The normalized spacial score (nSPS) is 16.4. The van der Waals surface area contributed by atoms with Crippen molar-refractivity contribution in [3.8, 4) is 5.75 Å². The number of amides is 1. The van der Waals surface area contributed by atoms with Crippen LogP contribution in [0.1, 0.15) is 47.2 Å². The topological polar surface area (TPSA) is 86.3 Å². The summed E-state index contributed by atoms with van der Waals surface area (Å²) in [5.41, 5.74) is 2.88. The number of hydrogen-bond acceptors (Lipinski definition) is 6. The molecule has 0 aliphatic carbocycles. The lowest BCUT2D eigenvalue weighted by atomic mass is 10.1. The zero-order valence-electron chi connectivity index (χ0n) is 16.5. The molecule has 2 aromatic heterocycles. The van der Waals surface area contributed by atoms with E-state index >= 15 is 0 Å². The highest BCUT2D eigenvalue weighted by atomic mass is 16.5. The van der Waals surface area contributed by atoms with E-state index in [1.165, 1.54) is 0 Å². The summed E-state index contributed by atoms with van der Waals surface area (Å²) in [5.74, 6) is 3.18. The van der Waals surface area contributed by atoms with Gasteiger partial charge in [-0.25, -0.2) is 0 Å². The molecule has 0 unspecified atom stereocenters. The van der Waals surface area contributed by atoms with Crippen molar-refractivity contribution in [1.29, 1.82) is 0 Å². The minimum absolute atomic E-state index is 0.0585. The first-order valence-corrected chi connectivity index (χ1v) is 9.24. The van der Waals surface area contributed by atoms with E-state index < -0.39 is 0 Å². The molecule has 1 aliphatic rings. The van der Waals surface area contributed by atoms with Crippen molar-refractivity contribution in [2.75, 3.05) is 7.11 Å². The number of benzene rings is 1. The standard InChI is InChI=1S/C20H23N5O3/c1-12-17(14(3)28-23-12)9-18-21-22-19-11-24(20(26)13(2)25(18)19)10-15-5-7-16(27-4)8-6-15/h5-8,13H,9-11H2,1-4H3/t13-/m0/s1. The molecular formula is C20H23N5O3. The number of aryl methyl sites for hydroxylation is 2. The van der Waals surface area contributed by atoms with Crippen LogP contribution in [0.3, 0.4) is 0 Å². The SMILES string of the molecule is COc1ccc(CN2Cc3nnc(Cc4c(C)noc4C)n3[C@@H](C)C2=O)cc1. The highest BCUT2D eigenvalue weighted by Gasteiger charge is 2.33. The van der Waals surface area contributed by atoms with Gasteiger partial charge in [0, 0.05) is 18.5 Å². The molecule has 0 saturated carbocycles. The fourth-order valence-corrected chi connectivity index (χ4v) is 3.66. The molecule has 4 rings (SSSR count). The van der Waals surface area contributed by atoms with Crippen LogP contribution in [0.15, 0.2) is 28.8 Å². The van der Waals surface area contributed by atoms with Crippen LogP contribution in [0.2, 0.25) is 0 Å². The molecule has 0 fully saturated rings. The van der Waals surface area contributed by atoms with Crippen molar-refractivity contribution in [1.82, 2.24) is 24.8 Å². The van der Waals surface area contributed by atoms with Gasteiger partial charge in [0.15, 0.2) is 5.82 Å². The van der Waals surface area contributed by atoms with Gasteiger partial charge < -0.3 is 18.7 Å². The molecule has 1 aromatic carbocycles. The van der Waals surface area contributed by atoms with Gasteiger partial charge in [-0.2, -0.15) is 0 Å². The summed E-state index contributed by atoms with van der Waals surface area (Å²) < 4.78 is 12.4.